The van der Waals surface area contributed by atoms with Crippen LogP contribution in [-0.4, -0.2) is 51.0 Å². The van der Waals surface area contributed by atoms with Gasteiger partial charge in [0.2, 0.25) is 0 Å². The molecule has 2 rings (SSSR count). The van der Waals surface area contributed by atoms with E-state index in [1.165, 1.54) is 18.4 Å². The standard InChI is InChI=1S/C19H31N3O2/c1-24-19-15-17(5-6-18(19)20)16-7-11-22(12-8-16)13-10-21-9-3-2-4-14-23/h5-6,14-16,21H,2-4,7-13,20H2,1H3. The number of unbranched alkanes of at least 4 members (excludes halogenated alkanes) is 2. The third-order valence-corrected chi connectivity index (χ3v) is 4.85. The average molecular weight is 333 g/mol. The predicted molar refractivity (Wildman–Crippen MR) is 98.6 cm³/mol. The van der Waals surface area contributed by atoms with E-state index in [0.717, 1.165) is 57.6 Å². The van der Waals surface area contributed by atoms with Gasteiger partial charge < -0.3 is 25.5 Å². The van der Waals surface area contributed by atoms with Crippen molar-refractivity contribution in [2.24, 2.45) is 0 Å². The molecule has 0 unspecified atom stereocenters. The number of ether oxygens (including phenoxy) is 1. The third kappa shape index (κ3) is 5.80. The summed E-state index contributed by atoms with van der Waals surface area (Å²) in [7, 11) is 1.67. The van der Waals surface area contributed by atoms with Gasteiger partial charge >= 0.3 is 0 Å². The van der Waals surface area contributed by atoms with Gasteiger partial charge in [-0.05, 0) is 68.9 Å². The summed E-state index contributed by atoms with van der Waals surface area (Å²) < 4.78 is 5.34. The average Bonchev–Trinajstić information content (AvgIpc) is 2.62. The van der Waals surface area contributed by atoms with Crippen molar-refractivity contribution in [2.75, 3.05) is 45.6 Å². The lowest BCUT2D eigenvalue weighted by atomic mass is 9.89. The minimum Gasteiger partial charge on any atom is -0.495 e. The quantitative estimate of drug-likeness (QED) is 0.391. The first kappa shape index (κ1) is 18.7. The summed E-state index contributed by atoms with van der Waals surface area (Å²) in [4.78, 5) is 12.8. The zero-order valence-corrected chi connectivity index (χ0v) is 14.8. The van der Waals surface area contributed by atoms with Crippen molar-refractivity contribution < 1.29 is 9.53 Å². The highest BCUT2D eigenvalue weighted by Gasteiger charge is 2.20. The van der Waals surface area contributed by atoms with E-state index in [9.17, 15) is 4.79 Å². The van der Waals surface area contributed by atoms with Crippen LogP contribution < -0.4 is 15.8 Å². The summed E-state index contributed by atoms with van der Waals surface area (Å²) in [6.07, 6.45) is 6.14. The van der Waals surface area contributed by atoms with Gasteiger partial charge in [-0.2, -0.15) is 0 Å². The number of benzene rings is 1. The second-order valence-electron chi connectivity index (χ2n) is 6.53. The molecule has 0 atom stereocenters. The molecule has 134 valence electrons. The number of methoxy groups -OCH3 is 1. The molecule has 0 aliphatic carbocycles. The minimum absolute atomic E-state index is 0.604. The Labute approximate surface area is 145 Å². The molecule has 0 saturated carbocycles. The number of nitrogen functional groups attached to an aromatic ring is 1. The Bertz CT molecular complexity index is 499. The summed E-state index contributed by atoms with van der Waals surface area (Å²) in [5, 5.41) is 3.47. The number of anilines is 1. The molecule has 1 saturated heterocycles. The van der Waals surface area contributed by atoms with E-state index in [1.54, 1.807) is 7.11 Å². The predicted octanol–water partition coefficient (Wildman–Crippen LogP) is 2.42. The van der Waals surface area contributed by atoms with Gasteiger partial charge in [0.1, 0.15) is 12.0 Å². The van der Waals surface area contributed by atoms with Crippen LogP contribution >= 0.6 is 0 Å². The smallest absolute Gasteiger partial charge is 0.142 e. The molecular weight excluding hydrogens is 302 g/mol. The Morgan fingerprint density at radius 1 is 1.29 bits per heavy atom. The minimum atomic E-state index is 0.604. The van der Waals surface area contributed by atoms with E-state index in [2.05, 4.69) is 22.3 Å². The van der Waals surface area contributed by atoms with Crippen molar-refractivity contribution in [2.45, 2.75) is 38.0 Å². The van der Waals surface area contributed by atoms with Crippen molar-refractivity contribution in [1.29, 1.82) is 0 Å². The van der Waals surface area contributed by atoms with Crippen LogP contribution in [0.25, 0.3) is 0 Å². The van der Waals surface area contributed by atoms with Crippen LogP contribution in [0.4, 0.5) is 5.69 Å². The second kappa shape index (κ2) is 10.3. The van der Waals surface area contributed by atoms with Gasteiger partial charge in [0, 0.05) is 19.5 Å². The van der Waals surface area contributed by atoms with Crippen molar-refractivity contribution >= 4 is 12.0 Å². The number of nitrogens with two attached hydrogens (primary N) is 1. The van der Waals surface area contributed by atoms with E-state index in [0.29, 0.717) is 18.0 Å². The summed E-state index contributed by atoms with van der Waals surface area (Å²) in [6, 6.07) is 6.19. The van der Waals surface area contributed by atoms with Crippen LogP contribution in [0.5, 0.6) is 5.75 Å². The van der Waals surface area contributed by atoms with Crippen LogP contribution in [0, 0.1) is 0 Å². The summed E-state index contributed by atoms with van der Waals surface area (Å²) in [6.45, 7) is 5.43. The normalized spacial score (nSPS) is 16.2. The van der Waals surface area contributed by atoms with E-state index in [4.69, 9.17) is 10.5 Å². The number of carbonyl (C=O) groups excluding carboxylic acids is 1. The van der Waals surface area contributed by atoms with Gasteiger partial charge in [0.15, 0.2) is 0 Å². The Morgan fingerprint density at radius 3 is 2.79 bits per heavy atom. The van der Waals surface area contributed by atoms with Crippen molar-refractivity contribution in [3.63, 3.8) is 0 Å². The van der Waals surface area contributed by atoms with Crippen molar-refractivity contribution in [1.82, 2.24) is 10.2 Å². The van der Waals surface area contributed by atoms with Gasteiger partial charge in [-0.25, -0.2) is 0 Å². The molecule has 1 aromatic carbocycles. The molecule has 1 aliphatic rings. The number of carbonyl (C=O) groups is 1. The first-order valence-corrected chi connectivity index (χ1v) is 9.04. The number of piperidine rings is 1. The number of hydrogen-bond donors (Lipinski definition) is 2. The maximum atomic E-state index is 10.2. The zero-order valence-electron chi connectivity index (χ0n) is 14.8. The van der Waals surface area contributed by atoms with Gasteiger partial charge in [0.25, 0.3) is 0 Å². The van der Waals surface area contributed by atoms with Crippen LogP contribution in [0.1, 0.15) is 43.6 Å². The topological polar surface area (TPSA) is 67.6 Å². The molecule has 3 N–H and O–H groups in total. The molecule has 1 heterocycles. The Morgan fingerprint density at radius 2 is 2.08 bits per heavy atom. The number of nitrogens with one attached hydrogen (secondary N) is 1. The monoisotopic (exact) mass is 333 g/mol. The molecule has 0 spiro atoms. The lowest BCUT2D eigenvalue weighted by Crippen LogP contribution is -2.38. The van der Waals surface area contributed by atoms with Gasteiger partial charge in [-0.15, -0.1) is 0 Å². The number of aldehydes is 1. The fraction of sp³-hybridized carbons (Fsp3) is 0.632. The Hall–Kier alpha value is -1.59. The summed E-state index contributed by atoms with van der Waals surface area (Å²) >= 11 is 0. The largest absolute Gasteiger partial charge is 0.495 e. The number of nitrogens with zero attached hydrogens (tertiary/aromatic N) is 1. The highest BCUT2D eigenvalue weighted by Crippen LogP contribution is 2.32. The Kier molecular flexibility index (Phi) is 8.05. The zero-order chi connectivity index (χ0) is 17.2. The summed E-state index contributed by atoms with van der Waals surface area (Å²) in [5.74, 6) is 1.39. The molecular formula is C19H31N3O2. The number of likely N-dealkylation sites (tertiary alicyclic amines) is 1. The maximum Gasteiger partial charge on any atom is 0.142 e. The number of hydrogen-bond acceptors (Lipinski definition) is 5. The highest BCUT2D eigenvalue weighted by atomic mass is 16.5. The Balaban J connectivity index is 1.65. The maximum absolute atomic E-state index is 10.2. The molecule has 1 fully saturated rings. The molecule has 1 aliphatic heterocycles. The van der Waals surface area contributed by atoms with Crippen molar-refractivity contribution in [3.05, 3.63) is 23.8 Å². The van der Waals surface area contributed by atoms with E-state index in [1.807, 2.05) is 6.07 Å². The van der Waals surface area contributed by atoms with E-state index in [-0.39, 0.29) is 0 Å². The summed E-state index contributed by atoms with van der Waals surface area (Å²) in [5.41, 5.74) is 7.95. The molecule has 24 heavy (non-hydrogen) atoms. The van der Waals surface area contributed by atoms with Crippen LogP contribution in [0.15, 0.2) is 18.2 Å². The molecule has 0 bridgehead atoms. The highest BCUT2D eigenvalue weighted by molar-refractivity contribution is 5.54. The van der Waals surface area contributed by atoms with E-state index >= 15 is 0 Å². The van der Waals surface area contributed by atoms with Crippen LogP contribution in [0.3, 0.4) is 0 Å². The molecule has 0 amide bonds. The van der Waals surface area contributed by atoms with Crippen LogP contribution in [0.2, 0.25) is 0 Å². The van der Waals surface area contributed by atoms with Gasteiger partial charge in [-0.3, -0.25) is 0 Å². The molecule has 0 radical (unpaired) electrons. The molecule has 5 nitrogen and oxygen atoms in total. The van der Waals surface area contributed by atoms with E-state index < -0.39 is 0 Å². The SMILES string of the molecule is COc1cc(C2CCN(CCNCCCCC=O)CC2)ccc1N. The lowest BCUT2D eigenvalue weighted by molar-refractivity contribution is -0.107. The molecule has 1 aromatic rings. The van der Waals surface area contributed by atoms with Gasteiger partial charge in [-0.1, -0.05) is 6.07 Å². The number of rotatable bonds is 10. The first-order valence-electron chi connectivity index (χ1n) is 9.04. The molecule has 5 heteroatoms. The van der Waals surface area contributed by atoms with Gasteiger partial charge in [0.05, 0.1) is 12.8 Å². The first-order chi connectivity index (χ1) is 11.7. The third-order valence-electron chi connectivity index (χ3n) is 4.85. The fourth-order valence-corrected chi connectivity index (χ4v) is 3.31. The van der Waals surface area contributed by atoms with Crippen molar-refractivity contribution in [3.8, 4) is 5.75 Å². The molecule has 0 aromatic heterocycles. The van der Waals surface area contributed by atoms with Crippen LogP contribution in [-0.2, 0) is 4.79 Å². The fourth-order valence-electron chi connectivity index (χ4n) is 3.31. The second-order valence-corrected chi connectivity index (χ2v) is 6.53. The lowest BCUT2D eigenvalue weighted by Gasteiger charge is -2.32.